The normalized spacial score (nSPS) is 12.2. The van der Waals surface area contributed by atoms with E-state index in [4.69, 9.17) is 0 Å². The van der Waals surface area contributed by atoms with E-state index in [0.717, 1.165) is 16.7 Å². The summed E-state index contributed by atoms with van der Waals surface area (Å²) in [4.78, 5) is 23.2. The number of hydrogen-bond acceptors (Lipinski definition) is 3. The van der Waals surface area contributed by atoms with Gasteiger partial charge in [-0.05, 0) is 16.7 Å². The van der Waals surface area contributed by atoms with Crippen LogP contribution in [0.15, 0.2) is 91.0 Å². The highest BCUT2D eigenvalue weighted by Crippen LogP contribution is 2.48. The molecule has 0 aromatic heterocycles. The number of amides is 1. The molecule has 0 unspecified atom stereocenters. The second-order valence-electron chi connectivity index (χ2n) is 6.68. The van der Waals surface area contributed by atoms with Crippen molar-refractivity contribution in [2.24, 2.45) is 0 Å². The summed E-state index contributed by atoms with van der Waals surface area (Å²) >= 11 is 1.51. The number of hydrogen-bond donors (Lipinski definition) is 2. The maximum Gasteiger partial charge on any atom is 0.327 e. The molecule has 1 atom stereocenters. The van der Waals surface area contributed by atoms with Crippen LogP contribution in [0.2, 0.25) is 0 Å². The molecule has 3 aromatic rings. The number of carbonyl (C=O) groups is 2. The molecule has 29 heavy (non-hydrogen) atoms. The van der Waals surface area contributed by atoms with Gasteiger partial charge in [0.1, 0.15) is 6.04 Å². The first-order chi connectivity index (χ1) is 14.0. The second-order valence-corrected chi connectivity index (χ2v) is 7.92. The number of thioether (sulfide) groups is 1. The van der Waals surface area contributed by atoms with Crippen molar-refractivity contribution in [1.29, 1.82) is 0 Å². The van der Waals surface area contributed by atoms with Gasteiger partial charge in [0.15, 0.2) is 0 Å². The Bertz CT molecular complexity index is 849. The Labute approximate surface area is 175 Å². The van der Waals surface area contributed by atoms with Gasteiger partial charge >= 0.3 is 5.97 Å². The fourth-order valence-electron chi connectivity index (χ4n) is 3.40. The van der Waals surface area contributed by atoms with E-state index in [0.29, 0.717) is 0 Å². The molecule has 0 bridgehead atoms. The first kappa shape index (κ1) is 20.7. The zero-order valence-corrected chi connectivity index (χ0v) is 16.9. The van der Waals surface area contributed by atoms with E-state index in [-0.39, 0.29) is 11.7 Å². The number of benzene rings is 3. The van der Waals surface area contributed by atoms with Gasteiger partial charge in [-0.1, -0.05) is 91.0 Å². The first-order valence-corrected chi connectivity index (χ1v) is 10.3. The van der Waals surface area contributed by atoms with Crippen molar-refractivity contribution in [1.82, 2.24) is 5.32 Å². The van der Waals surface area contributed by atoms with Gasteiger partial charge < -0.3 is 10.4 Å². The van der Waals surface area contributed by atoms with Crippen molar-refractivity contribution >= 4 is 23.6 Å². The average Bonchev–Trinajstić information content (AvgIpc) is 2.75. The summed E-state index contributed by atoms with van der Waals surface area (Å²) in [7, 11) is 0. The second kappa shape index (κ2) is 9.43. The van der Waals surface area contributed by atoms with Gasteiger partial charge in [0.05, 0.1) is 4.75 Å². The zero-order chi connectivity index (χ0) is 20.7. The lowest BCUT2D eigenvalue weighted by atomic mass is 9.84. The molecule has 3 aromatic carbocycles. The molecule has 0 radical (unpaired) electrons. The lowest BCUT2D eigenvalue weighted by molar-refractivity contribution is -0.140. The lowest BCUT2D eigenvalue weighted by Gasteiger charge is -2.36. The zero-order valence-electron chi connectivity index (χ0n) is 16.1. The van der Waals surface area contributed by atoms with E-state index >= 15 is 0 Å². The van der Waals surface area contributed by atoms with Gasteiger partial charge in [0, 0.05) is 12.7 Å². The van der Waals surface area contributed by atoms with Crippen LogP contribution in [-0.4, -0.2) is 28.8 Å². The number of nitrogens with one attached hydrogen (secondary N) is 1. The Hall–Kier alpha value is -3.05. The van der Waals surface area contributed by atoms with Crippen LogP contribution >= 0.6 is 11.8 Å². The summed E-state index contributed by atoms with van der Waals surface area (Å²) in [5.74, 6) is -1.19. The predicted octanol–water partition coefficient (Wildman–Crippen LogP) is 4.30. The predicted molar refractivity (Wildman–Crippen MR) is 117 cm³/mol. The molecule has 2 N–H and O–H groups in total. The highest BCUT2D eigenvalue weighted by atomic mass is 32.2. The van der Waals surface area contributed by atoms with E-state index in [1.165, 1.54) is 18.7 Å². The molecule has 0 saturated carbocycles. The minimum absolute atomic E-state index is 0.216. The monoisotopic (exact) mass is 405 g/mol. The van der Waals surface area contributed by atoms with Crippen LogP contribution in [0.3, 0.4) is 0 Å². The van der Waals surface area contributed by atoms with Gasteiger partial charge in [-0.3, -0.25) is 4.79 Å². The maximum atomic E-state index is 11.7. The molecule has 1 amide bonds. The molecule has 5 heteroatoms. The number of carbonyl (C=O) groups excluding carboxylic acids is 1. The summed E-state index contributed by atoms with van der Waals surface area (Å²) < 4.78 is -0.615. The summed E-state index contributed by atoms with van der Waals surface area (Å²) in [6, 6.07) is 29.2. The molecule has 148 valence electrons. The van der Waals surface area contributed by atoms with Gasteiger partial charge in [0.25, 0.3) is 0 Å². The Kier molecular flexibility index (Phi) is 6.73. The minimum atomic E-state index is -1.05. The molecule has 0 saturated heterocycles. The SMILES string of the molecule is CC(=O)N[C@H](CSC(c1ccccc1)(c1ccccc1)c1ccccc1)C(=O)O. The van der Waals surface area contributed by atoms with Gasteiger partial charge in [0.2, 0.25) is 5.91 Å². The molecule has 0 aliphatic carbocycles. The lowest BCUT2D eigenvalue weighted by Crippen LogP contribution is -2.42. The van der Waals surface area contributed by atoms with Crippen molar-refractivity contribution in [3.05, 3.63) is 108 Å². The van der Waals surface area contributed by atoms with Gasteiger partial charge in [-0.2, -0.15) is 0 Å². The van der Waals surface area contributed by atoms with Crippen molar-refractivity contribution in [3.8, 4) is 0 Å². The Morgan fingerprint density at radius 3 is 1.52 bits per heavy atom. The molecule has 0 spiro atoms. The molecule has 0 fully saturated rings. The van der Waals surface area contributed by atoms with Crippen molar-refractivity contribution in [2.45, 2.75) is 17.7 Å². The third kappa shape index (κ3) is 4.69. The largest absolute Gasteiger partial charge is 0.480 e. The van der Waals surface area contributed by atoms with E-state index in [2.05, 4.69) is 41.7 Å². The molecule has 0 aliphatic heterocycles. The molecule has 4 nitrogen and oxygen atoms in total. The van der Waals surface area contributed by atoms with E-state index < -0.39 is 16.8 Å². The smallest absolute Gasteiger partial charge is 0.327 e. The highest BCUT2D eigenvalue weighted by molar-refractivity contribution is 8.00. The standard InChI is InChI=1S/C24H23NO3S/c1-18(26)25-22(23(27)28)17-29-24(19-11-5-2-6-12-19,20-13-7-3-8-14-20)21-15-9-4-10-16-21/h2-16,22H,17H2,1H3,(H,25,26)(H,27,28)/t22-/m1/s1. The quantitative estimate of drug-likeness (QED) is 0.549. The van der Waals surface area contributed by atoms with Gasteiger partial charge in [-0.15, -0.1) is 11.8 Å². The van der Waals surface area contributed by atoms with Crippen LogP contribution in [0.4, 0.5) is 0 Å². The Balaban J connectivity index is 2.14. The topological polar surface area (TPSA) is 66.4 Å². The van der Waals surface area contributed by atoms with Crippen LogP contribution in [0.25, 0.3) is 0 Å². The Morgan fingerprint density at radius 2 is 1.21 bits per heavy atom. The summed E-state index contributed by atoms with van der Waals surface area (Å²) in [6.07, 6.45) is 0. The van der Waals surface area contributed by atoms with Crippen LogP contribution in [0.5, 0.6) is 0 Å². The van der Waals surface area contributed by atoms with E-state index in [9.17, 15) is 14.7 Å². The number of carboxylic acids is 1. The third-order valence-electron chi connectivity index (χ3n) is 4.68. The summed E-state index contributed by atoms with van der Waals surface area (Å²) in [5, 5.41) is 12.1. The average molecular weight is 406 g/mol. The van der Waals surface area contributed by atoms with Crippen LogP contribution in [-0.2, 0) is 14.3 Å². The van der Waals surface area contributed by atoms with Crippen molar-refractivity contribution in [2.75, 3.05) is 5.75 Å². The fraction of sp³-hybridized carbons (Fsp3) is 0.167. The third-order valence-corrected chi connectivity index (χ3v) is 6.32. The first-order valence-electron chi connectivity index (χ1n) is 9.34. The number of aliphatic carboxylic acids is 1. The van der Waals surface area contributed by atoms with E-state index in [1.54, 1.807) is 0 Å². The molecular formula is C24H23NO3S. The van der Waals surface area contributed by atoms with Crippen LogP contribution < -0.4 is 5.32 Å². The van der Waals surface area contributed by atoms with Crippen molar-refractivity contribution < 1.29 is 14.7 Å². The van der Waals surface area contributed by atoms with Crippen LogP contribution in [0, 0.1) is 0 Å². The summed E-state index contributed by atoms with van der Waals surface area (Å²) in [6.45, 7) is 1.33. The summed E-state index contributed by atoms with van der Waals surface area (Å²) in [5.41, 5.74) is 3.15. The molecule has 0 aliphatic rings. The molecule has 3 rings (SSSR count). The van der Waals surface area contributed by atoms with Crippen LogP contribution in [0.1, 0.15) is 23.6 Å². The Morgan fingerprint density at radius 1 is 0.828 bits per heavy atom. The van der Waals surface area contributed by atoms with Crippen molar-refractivity contribution in [3.63, 3.8) is 0 Å². The number of rotatable bonds is 8. The van der Waals surface area contributed by atoms with Gasteiger partial charge in [-0.25, -0.2) is 4.79 Å². The van der Waals surface area contributed by atoms with E-state index in [1.807, 2.05) is 54.6 Å². The fourth-order valence-corrected chi connectivity index (χ4v) is 4.95. The maximum absolute atomic E-state index is 11.7. The highest BCUT2D eigenvalue weighted by Gasteiger charge is 2.38. The number of carboxylic acid groups (broad SMARTS) is 1. The minimum Gasteiger partial charge on any atom is -0.480 e. The molecular weight excluding hydrogens is 382 g/mol. The molecule has 0 heterocycles.